The van der Waals surface area contributed by atoms with Crippen molar-refractivity contribution in [3.05, 3.63) is 18.2 Å². The number of piperidine rings is 1. The Bertz CT molecular complexity index is 429. The largest absolute Gasteiger partial charge is 0.493 e. The van der Waals surface area contributed by atoms with Gasteiger partial charge in [-0.25, -0.2) is 0 Å². The van der Waals surface area contributed by atoms with E-state index in [0.29, 0.717) is 5.69 Å². The number of methoxy groups -OCH3 is 1. The summed E-state index contributed by atoms with van der Waals surface area (Å²) in [5.41, 5.74) is 6.50. The van der Waals surface area contributed by atoms with E-state index in [4.69, 9.17) is 15.2 Å². The van der Waals surface area contributed by atoms with Gasteiger partial charge in [0.1, 0.15) is 0 Å². The van der Waals surface area contributed by atoms with Crippen LogP contribution in [0.5, 0.6) is 11.5 Å². The molecule has 2 rings (SSSR count). The summed E-state index contributed by atoms with van der Waals surface area (Å²) < 4.78 is 11.1. The quantitative estimate of drug-likeness (QED) is 0.619. The van der Waals surface area contributed by atoms with Crippen LogP contribution in [-0.4, -0.2) is 38.3 Å². The van der Waals surface area contributed by atoms with Gasteiger partial charge in [0.15, 0.2) is 11.5 Å². The molecule has 0 amide bonds. The molecule has 0 spiro atoms. The lowest BCUT2D eigenvalue weighted by molar-refractivity contribution is 0.178. The highest BCUT2D eigenvalue weighted by Crippen LogP contribution is 2.29. The second kappa shape index (κ2) is 8.13. The van der Waals surface area contributed by atoms with Crippen LogP contribution in [0, 0.1) is 5.92 Å². The van der Waals surface area contributed by atoms with Crippen LogP contribution >= 0.6 is 0 Å². The van der Waals surface area contributed by atoms with Crippen molar-refractivity contribution >= 4 is 5.69 Å². The Morgan fingerprint density at radius 2 is 2.00 bits per heavy atom. The molecule has 1 aliphatic rings. The minimum absolute atomic E-state index is 0.706. The molecule has 4 heteroatoms. The van der Waals surface area contributed by atoms with Crippen LogP contribution in [-0.2, 0) is 0 Å². The second-order valence-electron chi connectivity index (χ2n) is 5.78. The number of anilines is 1. The van der Waals surface area contributed by atoms with Crippen molar-refractivity contribution in [3.8, 4) is 11.5 Å². The molecule has 4 nitrogen and oxygen atoms in total. The first-order chi connectivity index (χ1) is 10.2. The molecule has 0 aliphatic carbocycles. The van der Waals surface area contributed by atoms with Crippen molar-refractivity contribution in [1.82, 2.24) is 4.90 Å². The molecule has 0 aromatic heterocycles. The Hall–Kier alpha value is -1.42. The highest BCUT2D eigenvalue weighted by Gasteiger charge is 2.17. The summed E-state index contributed by atoms with van der Waals surface area (Å²) >= 11 is 0. The zero-order chi connectivity index (χ0) is 15.1. The number of ether oxygens (including phenoxy) is 2. The molecule has 0 bridgehead atoms. The first-order valence-corrected chi connectivity index (χ1v) is 8.01. The monoisotopic (exact) mass is 292 g/mol. The fraction of sp³-hybridized carbons (Fsp3) is 0.647. The Labute approximate surface area is 128 Å². The minimum Gasteiger partial charge on any atom is -0.493 e. The number of benzene rings is 1. The number of nitrogen functional groups attached to an aromatic ring is 1. The average molecular weight is 292 g/mol. The van der Waals surface area contributed by atoms with E-state index in [1.807, 2.05) is 18.2 Å². The van der Waals surface area contributed by atoms with E-state index in [9.17, 15) is 0 Å². The third-order valence-electron chi connectivity index (χ3n) is 4.36. The lowest BCUT2D eigenvalue weighted by Gasteiger charge is -2.31. The SMILES string of the molecule is CCN1CCC(CCCOc2cc(N)ccc2OC)CC1. The molecular weight excluding hydrogens is 264 g/mol. The van der Waals surface area contributed by atoms with E-state index in [1.54, 1.807) is 7.11 Å². The van der Waals surface area contributed by atoms with Gasteiger partial charge < -0.3 is 20.1 Å². The van der Waals surface area contributed by atoms with Crippen molar-refractivity contribution in [1.29, 1.82) is 0 Å². The van der Waals surface area contributed by atoms with Gasteiger partial charge in [-0.3, -0.25) is 0 Å². The van der Waals surface area contributed by atoms with Crippen molar-refractivity contribution in [2.45, 2.75) is 32.6 Å². The highest BCUT2D eigenvalue weighted by atomic mass is 16.5. The summed E-state index contributed by atoms with van der Waals surface area (Å²) in [6.45, 7) is 6.67. The summed E-state index contributed by atoms with van der Waals surface area (Å²) in [7, 11) is 1.65. The van der Waals surface area contributed by atoms with Crippen molar-refractivity contribution in [2.75, 3.05) is 39.1 Å². The van der Waals surface area contributed by atoms with Crippen LogP contribution < -0.4 is 15.2 Å². The Balaban J connectivity index is 1.69. The first kappa shape index (κ1) is 16.0. The van der Waals surface area contributed by atoms with E-state index in [1.165, 1.54) is 38.9 Å². The van der Waals surface area contributed by atoms with Crippen LogP contribution in [0.15, 0.2) is 18.2 Å². The molecular formula is C17H28N2O2. The highest BCUT2D eigenvalue weighted by molar-refractivity contribution is 5.51. The summed E-state index contributed by atoms with van der Waals surface area (Å²) in [6, 6.07) is 5.51. The van der Waals surface area contributed by atoms with E-state index < -0.39 is 0 Å². The maximum Gasteiger partial charge on any atom is 0.163 e. The topological polar surface area (TPSA) is 47.7 Å². The number of likely N-dealkylation sites (tertiary alicyclic amines) is 1. The molecule has 0 atom stereocenters. The average Bonchev–Trinajstić information content (AvgIpc) is 2.52. The predicted molar refractivity (Wildman–Crippen MR) is 87.0 cm³/mol. The zero-order valence-electron chi connectivity index (χ0n) is 13.3. The molecule has 1 heterocycles. The van der Waals surface area contributed by atoms with Gasteiger partial charge in [-0.05, 0) is 63.4 Å². The molecule has 1 aromatic carbocycles. The number of nitrogens with zero attached hydrogens (tertiary/aromatic N) is 1. The number of rotatable bonds is 7. The third-order valence-corrected chi connectivity index (χ3v) is 4.36. The van der Waals surface area contributed by atoms with E-state index in [-0.39, 0.29) is 0 Å². The van der Waals surface area contributed by atoms with Gasteiger partial charge in [-0.1, -0.05) is 6.92 Å². The Morgan fingerprint density at radius 3 is 2.67 bits per heavy atom. The molecule has 1 fully saturated rings. The molecule has 2 N–H and O–H groups in total. The Morgan fingerprint density at radius 1 is 1.24 bits per heavy atom. The number of nitrogens with two attached hydrogens (primary N) is 1. The number of hydrogen-bond acceptors (Lipinski definition) is 4. The van der Waals surface area contributed by atoms with Crippen molar-refractivity contribution in [2.24, 2.45) is 5.92 Å². The number of hydrogen-bond donors (Lipinski definition) is 1. The van der Waals surface area contributed by atoms with Gasteiger partial charge >= 0.3 is 0 Å². The molecule has 118 valence electrons. The Kier molecular flexibility index (Phi) is 6.18. The standard InChI is InChI=1S/C17H28N2O2/c1-3-19-10-8-14(9-11-19)5-4-12-21-17-13-15(18)6-7-16(17)20-2/h6-7,13-14H,3-5,8-12,18H2,1-2H3. The molecule has 21 heavy (non-hydrogen) atoms. The normalized spacial score (nSPS) is 16.9. The lowest BCUT2D eigenvalue weighted by Crippen LogP contribution is -2.33. The van der Waals surface area contributed by atoms with Gasteiger partial charge in [0.2, 0.25) is 0 Å². The van der Waals surface area contributed by atoms with Gasteiger partial charge in [0.25, 0.3) is 0 Å². The lowest BCUT2D eigenvalue weighted by atomic mass is 9.92. The van der Waals surface area contributed by atoms with Crippen LogP contribution in [0.3, 0.4) is 0 Å². The molecule has 0 unspecified atom stereocenters. The van der Waals surface area contributed by atoms with E-state index in [2.05, 4.69) is 11.8 Å². The fourth-order valence-electron chi connectivity index (χ4n) is 2.95. The summed E-state index contributed by atoms with van der Waals surface area (Å²) in [4.78, 5) is 2.53. The van der Waals surface area contributed by atoms with Gasteiger partial charge in [-0.2, -0.15) is 0 Å². The van der Waals surface area contributed by atoms with E-state index >= 15 is 0 Å². The molecule has 1 saturated heterocycles. The molecule has 1 aromatic rings. The third kappa shape index (κ3) is 4.81. The van der Waals surface area contributed by atoms with E-state index in [0.717, 1.165) is 30.4 Å². The summed E-state index contributed by atoms with van der Waals surface area (Å²) in [5.74, 6) is 2.36. The van der Waals surface area contributed by atoms with Crippen LogP contribution in [0.2, 0.25) is 0 Å². The van der Waals surface area contributed by atoms with Gasteiger partial charge in [0, 0.05) is 11.8 Å². The minimum atomic E-state index is 0.706. The predicted octanol–water partition coefficient (Wildman–Crippen LogP) is 3.17. The smallest absolute Gasteiger partial charge is 0.163 e. The van der Waals surface area contributed by atoms with Gasteiger partial charge in [-0.15, -0.1) is 0 Å². The van der Waals surface area contributed by atoms with Gasteiger partial charge in [0.05, 0.1) is 13.7 Å². The first-order valence-electron chi connectivity index (χ1n) is 8.01. The summed E-state index contributed by atoms with van der Waals surface area (Å²) in [6.07, 6.45) is 5.00. The van der Waals surface area contributed by atoms with Crippen LogP contribution in [0.1, 0.15) is 32.6 Å². The molecule has 0 saturated carbocycles. The van der Waals surface area contributed by atoms with Crippen LogP contribution in [0.25, 0.3) is 0 Å². The maximum absolute atomic E-state index is 5.83. The van der Waals surface area contributed by atoms with Crippen molar-refractivity contribution < 1.29 is 9.47 Å². The van der Waals surface area contributed by atoms with Crippen molar-refractivity contribution in [3.63, 3.8) is 0 Å². The maximum atomic E-state index is 5.83. The van der Waals surface area contributed by atoms with Crippen LogP contribution in [0.4, 0.5) is 5.69 Å². The molecule has 1 aliphatic heterocycles. The summed E-state index contributed by atoms with van der Waals surface area (Å²) in [5, 5.41) is 0. The second-order valence-corrected chi connectivity index (χ2v) is 5.78. The fourth-order valence-corrected chi connectivity index (χ4v) is 2.95. The zero-order valence-corrected chi connectivity index (χ0v) is 13.3. The molecule has 0 radical (unpaired) electrons.